The quantitative estimate of drug-likeness (QED) is 0.798. The van der Waals surface area contributed by atoms with Crippen LogP contribution in [0.2, 0.25) is 0 Å². The number of nitrogens with zero attached hydrogens (tertiary/aromatic N) is 2. The molecule has 1 amide bonds. The lowest BCUT2D eigenvalue weighted by atomic mass is 10.2. The van der Waals surface area contributed by atoms with Gasteiger partial charge < -0.3 is 10.2 Å². The first-order chi connectivity index (χ1) is 13.3. The SMILES string of the molecule is Cc1cccc(N2CCN(S(=O)(=O)CCNC(=O)c3cccc(F)c3)CC2)c1. The number of sulfonamides is 1. The van der Waals surface area contributed by atoms with Crippen LogP contribution in [-0.2, 0) is 10.0 Å². The molecular weight excluding hydrogens is 381 g/mol. The van der Waals surface area contributed by atoms with Gasteiger partial charge in [-0.15, -0.1) is 0 Å². The van der Waals surface area contributed by atoms with Crippen LogP contribution in [0, 0.1) is 12.7 Å². The van der Waals surface area contributed by atoms with E-state index in [9.17, 15) is 17.6 Å². The highest BCUT2D eigenvalue weighted by Gasteiger charge is 2.27. The van der Waals surface area contributed by atoms with Crippen LogP contribution in [0.3, 0.4) is 0 Å². The molecule has 1 heterocycles. The van der Waals surface area contributed by atoms with Gasteiger partial charge in [0, 0.05) is 44.0 Å². The average molecular weight is 405 g/mol. The van der Waals surface area contributed by atoms with Crippen molar-refractivity contribution in [2.24, 2.45) is 0 Å². The summed E-state index contributed by atoms with van der Waals surface area (Å²) in [5.41, 5.74) is 2.44. The molecule has 28 heavy (non-hydrogen) atoms. The molecule has 0 aliphatic carbocycles. The number of anilines is 1. The Labute approximate surface area is 165 Å². The number of rotatable bonds is 6. The van der Waals surface area contributed by atoms with Crippen molar-refractivity contribution < 1.29 is 17.6 Å². The van der Waals surface area contributed by atoms with Crippen molar-refractivity contribution >= 4 is 21.6 Å². The van der Waals surface area contributed by atoms with Crippen LogP contribution in [0.15, 0.2) is 48.5 Å². The van der Waals surface area contributed by atoms with Gasteiger partial charge in [-0.2, -0.15) is 4.31 Å². The molecular formula is C20H24FN3O3S. The van der Waals surface area contributed by atoms with Crippen molar-refractivity contribution in [3.63, 3.8) is 0 Å². The Balaban J connectivity index is 1.49. The molecule has 3 rings (SSSR count). The number of carbonyl (C=O) groups is 1. The van der Waals surface area contributed by atoms with E-state index < -0.39 is 21.7 Å². The summed E-state index contributed by atoms with van der Waals surface area (Å²) >= 11 is 0. The molecule has 150 valence electrons. The van der Waals surface area contributed by atoms with Gasteiger partial charge in [-0.3, -0.25) is 4.79 Å². The summed E-state index contributed by atoms with van der Waals surface area (Å²) < 4.78 is 39.7. The number of aryl methyl sites for hydroxylation is 1. The summed E-state index contributed by atoms with van der Waals surface area (Å²) in [5, 5.41) is 2.54. The number of carbonyl (C=O) groups excluding carboxylic acids is 1. The van der Waals surface area contributed by atoms with Gasteiger partial charge in [-0.1, -0.05) is 18.2 Å². The molecule has 0 radical (unpaired) electrons. The molecule has 8 heteroatoms. The third-order valence-electron chi connectivity index (χ3n) is 4.73. The highest BCUT2D eigenvalue weighted by atomic mass is 32.2. The first-order valence-electron chi connectivity index (χ1n) is 9.18. The molecule has 1 aliphatic rings. The van der Waals surface area contributed by atoms with E-state index in [-0.39, 0.29) is 17.9 Å². The molecule has 1 saturated heterocycles. The highest BCUT2D eigenvalue weighted by Crippen LogP contribution is 2.19. The molecule has 2 aromatic rings. The molecule has 0 bridgehead atoms. The van der Waals surface area contributed by atoms with E-state index in [1.54, 1.807) is 0 Å². The minimum Gasteiger partial charge on any atom is -0.369 e. The second-order valence-electron chi connectivity index (χ2n) is 6.81. The molecule has 0 atom stereocenters. The monoisotopic (exact) mass is 405 g/mol. The Hall–Kier alpha value is -2.45. The minimum absolute atomic E-state index is 0.0181. The second kappa shape index (κ2) is 8.70. The zero-order valence-electron chi connectivity index (χ0n) is 15.8. The van der Waals surface area contributed by atoms with Gasteiger partial charge in [0.25, 0.3) is 5.91 Å². The van der Waals surface area contributed by atoms with Crippen molar-refractivity contribution in [1.29, 1.82) is 0 Å². The van der Waals surface area contributed by atoms with Gasteiger partial charge in [-0.05, 0) is 42.8 Å². The maximum atomic E-state index is 13.2. The molecule has 2 aromatic carbocycles. The molecule has 0 unspecified atom stereocenters. The predicted molar refractivity (Wildman–Crippen MR) is 107 cm³/mol. The van der Waals surface area contributed by atoms with Crippen LogP contribution in [0.5, 0.6) is 0 Å². The van der Waals surface area contributed by atoms with E-state index in [0.29, 0.717) is 26.2 Å². The van der Waals surface area contributed by atoms with Crippen molar-refractivity contribution in [3.05, 3.63) is 65.5 Å². The molecule has 0 spiro atoms. The normalized spacial score (nSPS) is 15.4. The molecule has 1 aliphatic heterocycles. The lowest BCUT2D eigenvalue weighted by Crippen LogP contribution is -2.50. The summed E-state index contributed by atoms with van der Waals surface area (Å²) in [7, 11) is -3.47. The number of halogens is 1. The summed E-state index contributed by atoms with van der Waals surface area (Å²) in [6.07, 6.45) is 0. The molecule has 1 N–H and O–H groups in total. The zero-order chi connectivity index (χ0) is 20.1. The van der Waals surface area contributed by atoms with E-state index >= 15 is 0 Å². The first kappa shape index (κ1) is 20.3. The highest BCUT2D eigenvalue weighted by molar-refractivity contribution is 7.89. The van der Waals surface area contributed by atoms with Crippen LogP contribution in [0.25, 0.3) is 0 Å². The van der Waals surface area contributed by atoms with Gasteiger partial charge in [0.05, 0.1) is 5.75 Å². The maximum Gasteiger partial charge on any atom is 0.251 e. The predicted octanol–water partition coefficient (Wildman–Crippen LogP) is 2.02. The Morgan fingerprint density at radius 3 is 2.46 bits per heavy atom. The Morgan fingerprint density at radius 2 is 1.79 bits per heavy atom. The smallest absolute Gasteiger partial charge is 0.251 e. The average Bonchev–Trinajstić information content (AvgIpc) is 2.68. The zero-order valence-corrected chi connectivity index (χ0v) is 16.6. The molecule has 0 saturated carbocycles. The van der Waals surface area contributed by atoms with E-state index in [0.717, 1.165) is 11.8 Å². The van der Waals surface area contributed by atoms with E-state index in [1.807, 2.05) is 25.1 Å². The third-order valence-corrected chi connectivity index (χ3v) is 6.60. The topological polar surface area (TPSA) is 69.7 Å². The molecule has 0 aromatic heterocycles. The Morgan fingerprint density at radius 1 is 1.07 bits per heavy atom. The van der Waals surface area contributed by atoms with Gasteiger partial charge in [0.1, 0.15) is 5.82 Å². The second-order valence-corrected chi connectivity index (χ2v) is 8.90. The van der Waals surface area contributed by atoms with Crippen LogP contribution in [-0.4, -0.2) is 57.1 Å². The van der Waals surface area contributed by atoms with Crippen molar-refractivity contribution in [2.45, 2.75) is 6.92 Å². The summed E-state index contributed by atoms with van der Waals surface area (Å²) in [6, 6.07) is 13.4. The largest absolute Gasteiger partial charge is 0.369 e. The Bertz CT molecular complexity index is 941. The third kappa shape index (κ3) is 5.08. The van der Waals surface area contributed by atoms with Crippen molar-refractivity contribution in [2.75, 3.05) is 43.4 Å². The van der Waals surface area contributed by atoms with Gasteiger partial charge >= 0.3 is 0 Å². The van der Waals surface area contributed by atoms with Crippen LogP contribution < -0.4 is 10.2 Å². The standard InChI is InChI=1S/C20H24FN3O3S/c1-16-4-2-7-19(14-16)23-9-11-24(12-10-23)28(26,27)13-8-22-20(25)17-5-3-6-18(21)15-17/h2-7,14-15H,8-13H2,1H3,(H,22,25). The molecule has 1 fully saturated rings. The summed E-state index contributed by atoms with van der Waals surface area (Å²) in [4.78, 5) is 14.2. The van der Waals surface area contributed by atoms with E-state index in [2.05, 4.69) is 16.3 Å². The first-order valence-corrected chi connectivity index (χ1v) is 10.8. The number of benzene rings is 2. The van der Waals surface area contributed by atoms with Crippen LogP contribution >= 0.6 is 0 Å². The van der Waals surface area contributed by atoms with Crippen molar-refractivity contribution in [1.82, 2.24) is 9.62 Å². The fourth-order valence-electron chi connectivity index (χ4n) is 3.20. The summed E-state index contributed by atoms with van der Waals surface area (Å²) in [6.45, 7) is 4.08. The number of hydrogen-bond acceptors (Lipinski definition) is 4. The van der Waals surface area contributed by atoms with Crippen LogP contribution in [0.4, 0.5) is 10.1 Å². The number of amides is 1. The minimum atomic E-state index is -3.47. The lowest BCUT2D eigenvalue weighted by Gasteiger charge is -2.35. The lowest BCUT2D eigenvalue weighted by molar-refractivity contribution is 0.0955. The van der Waals surface area contributed by atoms with Gasteiger partial charge in [0.15, 0.2) is 0 Å². The maximum absolute atomic E-state index is 13.2. The number of nitrogens with one attached hydrogen (secondary N) is 1. The van der Waals surface area contributed by atoms with E-state index in [1.165, 1.54) is 28.1 Å². The molecule has 6 nitrogen and oxygen atoms in total. The summed E-state index contributed by atoms with van der Waals surface area (Å²) in [5.74, 6) is -1.18. The fraction of sp³-hybridized carbons (Fsp3) is 0.350. The Kier molecular flexibility index (Phi) is 6.31. The number of hydrogen-bond donors (Lipinski definition) is 1. The van der Waals surface area contributed by atoms with Gasteiger partial charge in [0.2, 0.25) is 10.0 Å². The van der Waals surface area contributed by atoms with Crippen molar-refractivity contribution in [3.8, 4) is 0 Å². The van der Waals surface area contributed by atoms with Crippen LogP contribution in [0.1, 0.15) is 15.9 Å². The van der Waals surface area contributed by atoms with Gasteiger partial charge in [-0.25, -0.2) is 12.8 Å². The van der Waals surface area contributed by atoms with E-state index in [4.69, 9.17) is 0 Å². The fourth-order valence-corrected chi connectivity index (χ4v) is 4.54. The number of piperazine rings is 1.